The number of piperidine rings is 4. The molecule has 4 fully saturated rings. The summed E-state index contributed by atoms with van der Waals surface area (Å²) in [6, 6.07) is 9.15. The van der Waals surface area contributed by atoms with Crippen LogP contribution in [0.15, 0.2) is 36.5 Å². The van der Waals surface area contributed by atoms with Crippen molar-refractivity contribution >= 4 is 11.9 Å². The van der Waals surface area contributed by atoms with Crippen LogP contribution in [0.5, 0.6) is 5.75 Å². The van der Waals surface area contributed by atoms with Crippen LogP contribution in [0.2, 0.25) is 0 Å². The molecule has 1 aromatic heterocycles. The molecule has 6 rings (SSSR count). The lowest BCUT2D eigenvalue weighted by molar-refractivity contribution is -0.136. The van der Waals surface area contributed by atoms with Crippen molar-refractivity contribution in [3.05, 3.63) is 36.5 Å². The number of alkyl halides is 2. The zero-order chi connectivity index (χ0) is 23.5. The number of carbonyl (C=O) groups is 1. The maximum absolute atomic E-state index is 15.6. The predicted molar refractivity (Wildman–Crippen MR) is 125 cm³/mol. The van der Waals surface area contributed by atoms with Gasteiger partial charge >= 0.3 is 0 Å². The van der Waals surface area contributed by atoms with Gasteiger partial charge in [0.1, 0.15) is 19.0 Å². The van der Waals surface area contributed by atoms with Gasteiger partial charge in [0.05, 0.1) is 5.69 Å². The second-order valence-corrected chi connectivity index (χ2v) is 9.47. The van der Waals surface area contributed by atoms with Crippen LogP contribution in [0.25, 0.3) is 11.3 Å². The molecular weight excluding hydrogens is 440 g/mol. The van der Waals surface area contributed by atoms with Crippen molar-refractivity contribution in [2.24, 2.45) is 5.92 Å². The Morgan fingerprint density at radius 1 is 1.12 bits per heavy atom. The van der Waals surface area contributed by atoms with E-state index in [4.69, 9.17) is 4.74 Å². The Labute approximate surface area is 198 Å². The van der Waals surface area contributed by atoms with E-state index in [1.54, 1.807) is 18.3 Å². The molecule has 1 unspecified atom stereocenters. The molecule has 0 aliphatic carbocycles. The van der Waals surface area contributed by atoms with Crippen LogP contribution in [0, 0.1) is 5.92 Å². The van der Waals surface area contributed by atoms with Crippen molar-refractivity contribution in [3.63, 3.8) is 0 Å². The summed E-state index contributed by atoms with van der Waals surface area (Å²) >= 11 is 0. The van der Waals surface area contributed by atoms with Crippen LogP contribution >= 0.6 is 0 Å². The molecule has 1 atom stereocenters. The van der Waals surface area contributed by atoms with Gasteiger partial charge in [0, 0.05) is 50.3 Å². The molecule has 4 aliphatic rings. The smallest absolute Gasteiger partial charge is 0.258 e. The fraction of sp³-hybridized carbons (Fsp3) is 0.560. The van der Waals surface area contributed by atoms with Crippen molar-refractivity contribution < 1.29 is 18.3 Å². The van der Waals surface area contributed by atoms with E-state index in [0.717, 1.165) is 43.7 Å². The Kier molecular flexibility index (Phi) is 6.63. The maximum Gasteiger partial charge on any atom is 0.258 e. The zero-order valence-electron chi connectivity index (χ0n) is 19.3. The van der Waals surface area contributed by atoms with Crippen molar-refractivity contribution in [1.29, 1.82) is 0 Å². The summed E-state index contributed by atoms with van der Waals surface area (Å²) in [6.45, 7) is 3.26. The molecule has 4 saturated heterocycles. The molecule has 2 aromatic rings. The Morgan fingerprint density at radius 3 is 2.50 bits per heavy atom. The number of nitrogens with zero attached hydrogens (tertiary/aromatic N) is 4. The highest BCUT2D eigenvalue weighted by Gasteiger charge is 2.44. The molecule has 182 valence electrons. The lowest BCUT2D eigenvalue weighted by Gasteiger charge is -2.46. The van der Waals surface area contributed by atoms with E-state index in [-0.39, 0.29) is 25.5 Å². The summed E-state index contributed by atoms with van der Waals surface area (Å²) in [7, 11) is 0. The number of hydrogen-bond acceptors (Lipinski definition) is 6. The summed E-state index contributed by atoms with van der Waals surface area (Å²) in [5, 5.41) is 3.03. The first-order valence-corrected chi connectivity index (χ1v) is 12.1. The number of nitrogens with one attached hydrogen (secondary N) is 1. The van der Waals surface area contributed by atoms with Crippen LogP contribution in [0.3, 0.4) is 0 Å². The summed E-state index contributed by atoms with van der Waals surface area (Å²) in [5.41, 5.74) is -0.237. The molecule has 1 aromatic carbocycles. The fourth-order valence-electron chi connectivity index (χ4n) is 5.25. The Hall–Kier alpha value is -2.81. The van der Waals surface area contributed by atoms with Crippen molar-refractivity contribution in [3.8, 4) is 17.0 Å². The minimum atomic E-state index is -1.85. The second kappa shape index (κ2) is 9.82. The van der Waals surface area contributed by atoms with Crippen LogP contribution in [-0.2, 0) is 4.79 Å². The Morgan fingerprint density at radius 2 is 1.85 bits per heavy atom. The molecule has 1 N–H and O–H groups in total. The standard InChI is InChI=1S/C25H31F2N5O2/c26-10-16-34-20-3-1-18(2-4-20)21-5-11-28-24(30-21)32-14-8-25(27,9-15-32)23(33)29-22-17-31-12-6-19(22)7-13-31/h1-5,11,19,22H,6-10,12-17H2,(H,29,33). The molecule has 0 radical (unpaired) electrons. The molecular formula is C25H31F2N5O2. The van der Waals surface area contributed by atoms with Gasteiger partial charge in [-0.05, 0) is 62.2 Å². The van der Waals surface area contributed by atoms with Crippen LogP contribution in [0.1, 0.15) is 25.7 Å². The topological polar surface area (TPSA) is 70.6 Å². The number of amides is 1. The van der Waals surface area contributed by atoms with E-state index in [2.05, 4.69) is 20.2 Å². The zero-order valence-corrected chi connectivity index (χ0v) is 19.3. The fourth-order valence-corrected chi connectivity index (χ4v) is 5.25. The molecule has 5 heterocycles. The van der Waals surface area contributed by atoms with Crippen molar-refractivity contribution in [2.45, 2.75) is 37.4 Å². The third kappa shape index (κ3) is 4.85. The molecule has 1 amide bonds. The first kappa shape index (κ1) is 23.0. The van der Waals surface area contributed by atoms with Crippen LogP contribution < -0.4 is 15.0 Å². The highest BCUT2D eigenvalue weighted by Crippen LogP contribution is 2.32. The first-order chi connectivity index (χ1) is 16.5. The predicted octanol–water partition coefficient (Wildman–Crippen LogP) is 3.01. The monoisotopic (exact) mass is 471 g/mol. The summed E-state index contributed by atoms with van der Waals surface area (Å²) in [4.78, 5) is 26.2. The third-order valence-electron chi connectivity index (χ3n) is 7.36. The Bertz CT molecular complexity index is 989. The number of anilines is 1. The lowest BCUT2D eigenvalue weighted by Crippen LogP contribution is -2.61. The molecule has 0 saturated carbocycles. The van der Waals surface area contributed by atoms with Gasteiger partial charge in [-0.1, -0.05) is 0 Å². The van der Waals surface area contributed by atoms with Gasteiger partial charge in [0.15, 0.2) is 5.67 Å². The van der Waals surface area contributed by atoms with Gasteiger partial charge < -0.3 is 19.9 Å². The number of ether oxygens (including phenoxy) is 1. The Balaban J connectivity index is 1.19. The largest absolute Gasteiger partial charge is 0.491 e. The normalized spacial score (nSPS) is 25.7. The van der Waals surface area contributed by atoms with Gasteiger partial charge in [-0.15, -0.1) is 0 Å². The molecule has 4 aliphatic heterocycles. The highest BCUT2D eigenvalue weighted by atomic mass is 19.1. The van der Waals surface area contributed by atoms with Gasteiger partial charge in [0.25, 0.3) is 5.91 Å². The highest BCUT2D eigenvalue weighted by molar-refractivity contribution is 5.85. The average molecular weight is 472 g/mol. The number of carbonyl (C=O) groups excluding carboxylic acids is 1. The first-order valence-electron chi connectivity index (χ1n) is 12.1. The van der Waals surface area contributed by atoms with Gasteiger partial charge in [-0.2, -0.15) is 0 Å². The molecule has 0 spiro atoms. The number of halogens is 2. The second-order valence-electron chi connectivity index (χ2n) is 9.47. The summed E-state index contributed by atoms with van der Waals surface area (Å²) in [5.74, 6) is 1.13. The SMILES string of the molecule is O=C(NC1CN2CCC1CC2)C1(F)CCN(c2nccc(-c3ccc(OCCF)cc3)n2)CC1. The van der Waals surface area contributed by atoms with E-state index in [9.17, 15) is 9.18 Å². The molecule has 34 heavy (non-hydrogen) atoms. The third-order valence-corrected chi connectivity index (χ3v) is 7.36. The van der Waals surface area contributed by atoms with Gasteiger partial charge in [-0.3, -0.25) is 4.79 Å². The van der Waals surface area contributed by atoms with Crippen LogP contribution in [0.4, 0.5) is 14.7 Å². The summed E-state index contributed by atoms with van der Waals surface area (Å²) in [6.07, 6.45) is 4.09. The number of aromatic nitrogens is 2. The summed E-state index contributed by atoms with van der Waals surface area (Å²) < 4.78 is 33.2. The average Bonchev–Trinajstić information content (AvgIpc) is 2.89. The number of benzene rings is 1. The number of rotatable bonds is 7. The molecule has 2 bridgehead atoms. The minimum absolute atomic E-state index is 0.0275. The van der Waals surface area contributed by atoms with E-state index >= 15 is 4.39 Å². The molecule has 9 heteroatoms. The molecule has 7 nitrogen and oxygen atoms in total. The van der Waals surface area contributed by atoms with E-state index < -0.39 is 18.3 Å². The van der Waals surface area contributed by atoms with Crippen molar-refractivity contribution in [1.82, 2.24) is 20.2 Å². The van der Waals surface area contributed by atoms with Crippen molar-refractivity contribution in [2.75, 3.05) is 50.9 Å². The van der Waals surface area contributed by atoms with Gasteiger partial charge in [0.2, 0.25) is 5.95 Å². The number of hydrogen-bond donors (Lipinski definition) is 1. The van der Waals surface area contributed by atoms with E-state index in [1.165, 1.54) is 0 Å². The quantitative estimate of drug-likeness (QED) is 0.670. The number of fused-ring (bicyclic) bond motifs is 3. The van der Waals surface area contributed by atoms with Crippen LogP contribution in [-0.4, -0.2) is 78.5 Å². The van der Waals surface area contributed by atoms with Gasteiger partial charge in [-0.25, -0.2) is 18.7 Å². The maximum atomic E-state index is 15.6. The minimum Gasteiger partial charge on any atom is -0.491 e. The van der Waals surface area contributed by atoms with E-state index in [0.29, 0.717) is 30.7 Å². The lowest BCUT2D eigenvalue weighted by atomic mass is 9.83. The van der Waals surface area contributed by atoms with E-state index in [1.807, 2.05) is 23.1 Å².